The number of halogens is 1. The topological polar surface area (TPSA) is 123 Å². The third kappa shape index (κ3) is 6.29. The fourth-order valence-corrected chi connectivity index (χ4v) is 4.57. The summed E-state index contributed by atoms with van der Waals surface area (Å²) in [6.45, 7) is 12.5. The minimum absolute atomic E-state index is 0.0166. The van der Waals surface area contributed by atoms with Crippen LogP contribution in [0.1, 0.15) is 33.5 Å². The minimum atomic E-state index is -0.813. The van der Waals surface area contributed by atoms with Crippen molar-refractivity contribution < 1.29 is 28.5 Å². The van der Waals surface area contributed by atoms with E-state index >= 15 is 4.39 Å². The molecule has 0 spiro atoms. The summed E-state index contributed by atoms with van der Waals surface area (Å²) in [5, 5.41) is 19.6. The summed E-state index contributed by atoms with van der Waals surface area (Å²) in [6, 6.07) is 9.67. The van der Waals surface area contributed by atoms with Crippen LogP contribution in [0.5, 0.6) is 11.5 Å². The number of nitrogens with zero attached hydrogens (tertiary/aromatic N) is 5. The zero-order valence-corrected chi connectivity index (χ0v) is 24.6. The highest BCUT2D eigenvalue weighted by Gasteiger charge is 2.29. The molecule has 0 saturated heterocycles. The highest BCUT2D eigenvalue weighted by Crippen LogP contribution is 2.41. The number of rotatable bonds is 9. The number of carbonyl (C=O) groups excluding carboxylic acids is 1. The summed E-state index contributed by atoms with van der Waals surface area (Å²) in [4.78, 5) is 24.8. The van der Waals surface area contributed by atoms with Gasteiger partial charge in [-0.3, -0.25) is 0 Å². The SMILES string of the molecule is C=CCN(C)c1cc(F)cc2c3c(-c4ccc(OCC(C)O)c(OCC#N)c4)nc(C)nc3n(C(=O)OC(C)(C)C)c12. The van der Waals surface area contributed by atoms with Gasteiger partial charge in [0.1, 0.15) is 29.9 Å². The molecule has 2 aromatic carbocycles. The van der Waals surface area contributed by atoms with Gasteiger partial charge in [0.15, 0.2) is 23.8 Å². The molecule has 220 valence electrons. The van der Waals surface area contributed by atoms with Crippen molar-refractivity contribution >= 4 is 33.7 Å². The molecular formula is C31H34FN5O5. The maximum Gasteiger partial charge on any atom is 0.420 e. The van der Waals surface area contributed by atoms with Crippen LogP contribution in [0.2, 0.25) is 0 Å². The lowest BCUT2D eigenvalue weighted by molar-refractivity contribution is 0.0550. The number of ether oxygens (including phenoxy) is 3. The van der Waals surface area contributed by atoms with Crippen LogP contribution in [0.3, 0.4) is 0 Å². The predicted molar refractivity (Wildman–Crippen MR) is 159 cm³/mol. The smallest absolute Gasteiger partial charge is 0.420 e. The van der Waals surface area contributed by atoms with Crippen LogP contribution in [-0.4, -0.2) is 64.2 Å². The van der Waals surface area contributed by atoms with E-state index in [1.807, 2.05) is 6.07 Å². The Morgan fingerprint density at radius 1 is 1.24 bits per heavy atom. The van der Waals surface area contributed by atoms with E-state index in [4.69, 9.17) is 24.5 Å². The number of hydrogen-bond donors (Lipinski definition) is 1. The molecule has 0 amide bonds. The summed E-state index contributed by atoms with van der Waals surface area (Å²) >= 11 is 0. The lowest BCUT2D eigenvalue weighted by Gasteiger charge is -2.22. The van der Waals surface area contributed by atoms with E-state index in [0.29, 0.717) is 51.4 Å². The van der Waals surface area contributed by atoms with E-state index in [1.54, 1.807) is 70.8 Å². The van der Waals surface area contributed by atoms with Gasteiger partial charge in [0.2, 0.25) is 0 Å². The molecule has 42 heavy (non-hydrogen) atoms. The second-order valence-electron chi connectivity index (χ2n) is 10.9. The van der Waals surface area contributed by atoms with Crippen molar-refractivity contribution in [1.29, 1.82) is 5.26 Å². The second-order valence-corrected chi connectivity index (χ2v) is 10.9. The Balaban J connectivity index is 2.09. The molecule has 0 bridgehead atoms. The van der Waals surface area contributed by atoms with Crippen molar-refractivity contribution in [2.45, 2.75) is 46.3 Å². The molecule has 2 heterocycles. The molecule has 1 N–H and O–H groups in total. The second kappa shape index (κ2) is 12.0. The molecule has 0 radical (unpaired) electrons. The van der Waals surface area contributed by atoms with E-state index < -0.39 is 23.6 Å². The fraction of sp³-hybridized carbons (Fsp3) is 0.355. The van der Waals surface area contributed by atoms with Crippen LogP contribution < -0.4 is 14.4 Å². The van der Waals surface area contributed by atoms with Crippen LogP contribution in [0.25, 0.3) is 33.2 Å². The van der Waals surface area contributed by atoms with Crippen LogP contribution in [-0.2, 0) is 4.74 Å². The predicted octanol–water partition coefficient (Wildman–Crippen LogP) is 5.77. The first-order valence-electron chi connectivity index (χ1n) is 13.4. The summed E-state index contributed by atoms with van der Waals surface area (Å²) in [6.07, 6.45) is 0.280. The van der Waals surface area contributed by atoms with Crippen LogP contribution in [0.15, 0.2) is 43.0 Å². The van der Waals surface area contributed by atoms with Crippen molar-refractivity contribution in [2.75, 3.05) is 31.7 Å². The standard InChI is InChI=1S/C31H34FN5O5/c1-8-12-36(7)23-16-21(32)15-22-26-27(20-9-10-24(41-17-18(2)38)25(14-20)40-13-11-33)34-19(3)35-29(26)37(28(22)23)30(39)42-31(4,5)6/h8-10,14-16,18,38H,1,12-13,17H2,2-7H3. The Kier molecular flexibility index (Phi) is 8.68. The summed E-state index contributed by atoms with van der Waals surface area (Å²) < 4.78 is 33.7. The number of aliphatic hydroxyl groups is 1. The molecule has 0 aliphatic rings. The number of benzene rings is 2. The Labute approximate surface area is 243 Å². The molecule has 4 rings (SSSR count). The number of aliphatic hydroxyl groups excluding tert-OH is 1. The molecule has 2 aromatic heterocycles. The summed E-state index contributed by atoms with van der Waals surface area (Å²) in [5.74, 6) is 0.434. The van der Waals surface area contributed by atoms with Crippen molar-refractivity contribution in [3.8, 4) is 28.8 Å². The van der Waals surface area contributed by atoms with Crippen molar-refractivity contribution in [1.82, 2.24) is 14.5 Å². The average molecular weight is 576 g/mol. The number of likely N-dealkylation sites (N-methyl/N-ethyl adjacent to an activating group) is 1. The quantitative estimate of drug-likeness (QED) is 0.248. The Bertz CT molecular complexity index is 1700. The third-order valence-electron chi connectivity index (χ3n) is 6.14. The maximum atomic E-state index is 15.2. The molecule has 0 aliphatic heterocycles. The Morgan fingerprint density at radius 3 is 2.62 bits per heavy atom. The molecule has 11 heteroatoms. The fourth-order valence-electron chi connectivity index (χ4n) is 4.57. The first-order valence-corrected chi connectivity index (χ1v) is 13.4. The highest BCUT2D eigenvalue weighted by atomic mass is 19.1. The van der Waals surface area contributed by atoms with E-state index in [0.717, 1.165) is 0 Å². The maximum absolute atomic E-state index is 15.2. The largest absolute Gasteiger partial charge is 0.487 e. The first-order chi connectivity index (χ1) is 19.8. The zero-order valence-electron chi connectivity index (χ0n) is 24.6. The van der Waals surface area contributed by atoms with E-state index in [1.165, 1.54) is 16.7 Å². The molecular weight excluding hydrogens is 541 g/mol. The highest BCUT2D eigenvalue weighted by molar-refractivity contribution is 6.19. The number of hydrogen-bond acceptors (Lipinski definition) is 9. The number of nitriles is 1. The summed E-state index contributed by atoms with van der Waals surface area (Å²) in [5.41, 5.74) is 1.25. The average Bonchev–Trinajstić information content (AvgIpc) is 3.22. The van der Waals surface area contributed by atoms with Crippen molar-refractivity contribution in [3.63, 3.8) is 0 Å². The number of aromatic nitrogens is 3. The van der Waals surface area contributed by atoms with Crippen LogP contribution in [0.4, 0.5) is 14.9 Å². The summed E-state index contributed by atoms with van der Waals surface area (Å²) in [7, 11) is 1.77. The van der Waals surface area contributed by atoms with Crippen LogP contribution in [0, 0.1) is 24.1 Å². The lowest BCUT2D eigenvalue weighted by atomic mass is 10.0. The van der Waals surface area contributed by atoms with Gasteiger partial charge in [-0.1, -0.05) is 6.08 Å². The first kappa shape index (κ1) is 30.3. The van der Waals surface area contributed by atoms with Crippen LogP contribution >= 0.6 is 0 Å². The molecule has 4 aromatic rings. The van der Waals surface area contributed by atoms with Gasteiger partial charge in [-0.05, 0) is 65.0 Å². The lowest BCUT2D eigenvalue weighted by Crippen LogP contribution is -2.28. The van der Waals surface area contributed by atoms with Gasteiger partial charge >= 0.3 is 6.09 Å². The van der Waals surface area contributed by atoms with E-state index in [9.17, 15) is 9.90 Å². The zero-order chi connectivity index (χ0) is 30.8. The molecule has 0 fully saturated rings. The third-order valence-corrected chi connectivity index (χ3v) is 6.14. The van der Waals surface area contributed by atoms with Gasteiger partial charge in [-0.25, -0.2) is 23.7 Å². The van der Waals surface area contributed by atoms with Gasteiger partial charge in [0.05, 0.1) is 28.4 Å². The van der Waals surface area contributed by atoms with E-state index in [-0.39, 0.29) is 24.6 Å². The molecule has 1 atom stereocenters. The van der Waals surface area contributed by atoms with Gasteiger partial charge < -0.3 is 24.2 Å². The molecule has 0 saturated carbocycles. The number of aryl methyl sites for hydroxylation is 1. The minimum Gasteiger partial charge on any atom is -0.487 e. The molecule has 1 unspecified atom stereocenters. The van der Waals surface area contributed by atoms with Gasteiger partial charge in [0, 0.05) is 24.5 Å². The Morgan fingerprint density at radius 2 is 1.98 bits per heavy atom. The number of carbonyl (C=O) groups is 1. The normalized spacial score (nSPS) is 12.2. The number of fused-ring (bicyclic) bond motifs is 3. The van der Waals surface area contributed by atoms with Crippen molar-refractivity contribution in [3.05, 3.63) is 54.6 Å². The van der Waals surface area contributed by atoms with E-state index in [2.05, 4.69) is 11.6 Å². The monoisotopic (exact) mass is 575 g/mol. The van der Waals surface area contributed by atoms with Gasteiger partial charge in [-0.2, -0.15) is 5.26 Å². The van der Waals surface area contributed by atoms with Crippen molar-refractivity contribution in [2.24, 2.45) is 0 Å². The Hall–Kier alpha value is -4.69. The van der Waals surface area contributed by atoms with Gasteiger partial charge in [0.25, 0.3) is 0 Å². The number of anilines is 1. The molecule has 0 aliphatic carbocycles. The molecule has 10 nitrogen and oxygen atoms in total. The van der Waals surface area contributed by atoms with Gasteiger partial charge in [-0.15, -0.1) is 6.58 Å².